The maximum Gasteiger partial charge on any atom is 0.305 e. The van der Waals surface area contributed by atoms with E-state index in [9.17, 15) is 9.59 Å². The molecule has 0 aromatic heterocycles. The van der Waals surface area contributed by atoms with Crippen LogP contribution in [0, 0.1) is 5.92 Å². The predicted octanol–water partition coefficient (Wildman–Crippen LogP) is 2.31. The summed E-state index contributed by atoms with van der Waals surface area (Å²) in [4.78, 5) is 24.9. The molecule has 1 aromatic rings. The number of carbonyl (C=O) groups is 2. The zero-order chi connectivity index (χ0) is 19.2. The van der Waals surface area contributed by atoms with Gasteiger partial charge >= 0.3 is 5.97 Å². The molecule has 2 fully saturated rings. The molecule has 0 aliphatic carbocycles. The highest BCUT2D eigenvalue weighted by Crippen LogP contribution is 2.22. The van der Waals surface area contributed by atoms with E-state index < -0.39 is 11.2 Å². The van der Waals surface area contributed by atoms with Gasteiger partial charge in [0.05, 0.1) is 12.6 Å². The van der Waals surface area contributed by atoms with Gasteiger partial charge < -0.3 is 10.4 Å². The number of rotatable bonds is 6. The van der Waals surface area contributed by atoms with Crippen LogP contribution in [0.1, 0.15) is 37.3 Å². The lowest BCUT2D eigenvalue weighted by Crippen LogP contribution is -2.32. The molecule has 2 saturated heterocycles. The summed E-state index contributed by atoms with van der Waals surface area (Å²) < 4.78 is 0. The Morgan fingerprint density at radius 3 is 2.93 bits per heavy atom. The standard InChI is InChI=1S/C19H24N4O3S/c1-13-5-7-23(8-6-13)12-15-4-2-3-14(9-15)11-20-22-19-21-18(26)16(27-19)10-17(24)25/h2-4,9,11,13,16H,5-8,10,12H2,1H3,(H,24,25)(H,21,22,26). The first-order chi connectivity index (χ1) is 13.0. The summed E-state index contributed by atoms with van der Waals surface area (Å²) in [5.41, 5.74) is 2.19. The van der Waals surface area contributed by atoms with Gasteiger partial charge in [-0.3, -0.25) is 14.5 Å². The number of amides is 1. The molecule has 8 heteroatoms. The van der Waals surface area contributed by atoms with Crippen molar-refractivity contribution >= 4 is 35.0 Å². The number of likely N-dealkylation sites (tertiary alicyclic amines) is 1. The Morgan fingerprint density at radius 1 is 1.41 bits per heavy atom. The highest BCUT2D eigenvalue weighted by molar-refractivity contribution is 8.15. The Balaban J connectivity index is 1.56. The van der Waals surface area contributed by atoms with Crippen LogP contribution in [-0.2, 0) is 16.1 Å². The van der Waals surface area contributed by atoms with E-state index in [0.717, 1.165) is 42.9 Å². The summed E-state index contributed by atoms with van der Waals surface area (Å²) in [6.07, 6.45) is 3.93. The number of aliphatic carboxylic acids is 1. The molecule has 2 aliphatic rings. The Morgan fingerprint density at radius 2 is 2.19 bits per heavy atom. The van der Waals surface area contributed by atoms with E-state index in [1.54, 1.807) is 6.21 Å². The van der Waals surface area contributed by atoms with Gasteiger partial charge in [-0.05, 0) is 49.0 Å². The molecule has 1 atom stereocenters. The minimum atomic E-state index is -1.01. The van der Waals surface area contributed by atoms with Crippen LogP contribution < -0.4 is 5.32 Å². The van der Waals surface area contributed by atoms with Gasteiger partial charge in [0.2, 0.25) is 5.91 Å². The fraction of sp³-hybridized carbons (Fsp3) is 0.474. The van der Waals surface area contributed by atoms with Crippen molar-refractivity contribution in [1.29, 1.82) is 0 Å². The van der Waals surface area contributed by atoms with Crippen molar-refractivity contribution in [1.82, 2.24) is 10.2 Å². The lowest BCUT2D eigenvalue weighted by Gasteiger charge is -2.30. The molecular weight excluding hydrogens is 364 g/mol. The molecule has 1 aromatic carbocycles. The van der Waals surface area contributed by atoms with Crippen molar-refractivity contribution in [3.63, 3.8) is 0 Å². The maximum atomic E-state index is 11.7. The Kier molecular flexibility index (Phi) is 6.63. The second-order valence-electron chi connectivity index (χ2n) is 7.05. The molecule has 0 spiro atoms. The van der Waals surface area contributed by atoms with Crippen LogP contribution >= 0.6 is 11.8 Å². The van der Waals surface area contributed by atoms with Gasteiger partial charge in [-0.25, -0.2) is 0 Å². The van der Waals surface area contributed by atoms with E-state index in [2.05, 4.69) is 39.5 Å². The SMILES string of the molecule is CC1CCN(Cc2cccc(C=NN=C3NC(=O)C(CC(=O)O)S3)c2)CC1. The van der Waals surface area contributed by atoms with Crippen molar-refractivity contribution in [2.75, 3.05) is 13.1 Å². The number of piperidine rings is 1. The lowest BCUT2D eigenvalue weighted by atomic mass is 9.99. The van der Waals surface area contributed by atoms with Crippen LogP contribution in [0.3, 0.4) is 0 Å². The van der Waals surface area contributed by atoms with Gasteiger partial charge in [-0.1, -0.05) is 36.9 Å². The summed E-state index contributed by atoms with van der Waals surface area (Å²) >= 11 is 1.10. The summed E-state index contributed by atoms with van der Waals surface area (Å²) in [5.74, 6) is -0.524. The molecule has 3 rings (SSSR count). The normalized spacial score (nSPS) is 23.2. The van der Waals surface area contributed by atoms with Gasteiger partial charge in [0.15, 0.2) is 5.17 Å². The van der Waals surface area contributed by atoms with Crippen LogP contribution in [0.15, 0.2) is 34.5 Å². The Bertz CT molecular complexity index is 757. The monoisotopic (exact) mass is 388 g/mol. The second-order valence-corrected chi connectivity index (χ2v) is 8.24. The number of carbonyl (C=O) groups excluding carboxylic acids is 1. The van der Waals surface area contributed by atoms with E-state index in [1.807, 2.05) is 12.1 Å². The summed E-state index contributed by atoms with van der Waals surface area (Å²) in [6, 6.07) is 8.17. The first-order valence-electron chi connectivity index (χ1n) is 9.11. The van der Waals surface area contributed by atoms with Gasteiger partial charge in [0, 0.05) is 6.54 Å². The molecule has 7 nitrogen and oxygen atoms in total. The van der Waals surface area contributed by atoms with Gasteiger partial charge in [0.1, 0.15) is 5.25 Å². The fourth-order valence-electron chi connectivity index (χ4n) is 3.14. The number of amidine groups is 1. The molecule has 0 saturated carbocycles. The Hall–Kier alpha value is -2.19. The number of benzene rings is 1. The largest absolute Gasteiger partial charge is 0.481 e. The molecule has 1 unspecified atom stereocenters. The van der Waals surface area contributed by atoms with E-state index in [-0.39, 0.29) is 12.3 Å². The number of thioether (sulfide) groups is 1. The minimum absolute atomic E-state index is 0.226. The maximum absolute atomic E-state index is 11.7. The third kappa shape index (κ3) is 5.90. The number of nitrogens with one attached hydrogen (secondary N) is 1. The van der Waals surface area contributed by atoms with Crippen LogP contribution in [0.25, 0.3) is 0 Å². The van der Waals surface area contributed by atoms with E-state index in [1.165, 1.54) is 18.4 Å². The van der Waals surface area contributed by atoms with Crippen LogP contribution in [-0.4, -0.2) is 51.6 Å². The zero-order valence-electron chi connectivity index (χ0n) is 15.3. The highest BCUT2D eigenvalue weighted by atomic mass is 32.2. The smallest absolute Gasteiger partial charge is 0.305 e. The summed E-state index contributed by atoms with van der Waals surface area (Å²) in [6.45, 7) is 5.53. The quantitative estimate of drug-likeness (QED) is 0.576. The van der Waals surface area contributed by atoms with Crippen LogP contribution in [0.5, 0.6) is 0 Å². The number of hydrogen-bond acceptors (Lipinski definition) is 6. The number of nitrogens with zero attached hydrogens (tertiary/aromatic N) is 3. The first-order valence-corrected chi connectivity index (χ1v) is 9.99. The third-order valence-corrected chi connectivity index (χ3v) is 5.80. The summed E-state index contributed by atoms with van der Waals surface area (Å²) in [7, 11) is 0. The lowest BCUT2D eigenvalue weighted by molar-refractivity contribution is -0.138. The van der Waals surface area contributed by atoms with Crippen molar-refractivity contribution in [2.45, 2.75) is 38.0 Å². The average molecular weight is 388 g/mol. The number of carboxylic acid groups (broad SMARTS) is 1. The molecule has 0 bridgehead atoms. The predicted molar refractivity (Wildman–Crippen MR) is 107 cm³/mol. The molecular formula is C19H24N4O3S. The zero-order valence-corrected chi connectivity index (χ0v) is 16.1. The average Bonchev–Trinajstić information content (AvgIpc) is 2.96. The van der Waals surface area contributed by atoms with Gasteiger partial charge in [0.25, 0.3) is 0 Å². The van der Waals surface area contributed by atoms with Crippen LogP contribution in [0.2, 0.25) is 0 Å². The highest BCUT2D eigenvalue weighted by Gasteiger charge is 2.32. The molecule has 27 heavy (non-hydrogen) atoms. The van der Waals surface area contributed by atoms with Gasteiger partial charge in [-0.15, -0.1) is 5.10 Å². The molecule has 144 valence electrons. The van der Waals surface area contributed by atoms with Crippen molar-refractivity contribution < 1.29 is 14.7 Å². The minimum Gasteiger partial charge on any atom is -0.481 e. The van der Waals surface area contributed by atoms with Crippen molar-refractivity contribution in [3.8, 4) is 0 Å². The second kappa shape index (κ2) is 9.14. The Labute approximate surface area is 162 Å². The fourth-order valence-corrected chi connectivity index (χ4v) is 4.06. The van der Waals surface area contributed by atoms with Crippen molar-refractivity contribution in [2.24, 2.45) is 16.1 Å². The van der Waals surface area contributed by atoms with Crippen LogP contribution in [0.4, 0.5) is 0 Å². The molecule has 2 heterocycles. The first kappa shape index (κ1) is 19.6. The number of hydrogen-bond donors (Lipinski definition) is 2. The van der Waals surface area contributed by atoms with E-state index in [0.29, 0.717) is 5.17 Å². The molecule has 0 radical (unpaired) electrons. The van der Waals surface area contributed by atoms with Crippen molar-refractivity contribution in [3.05, 3.63) is 35.4 Å². The van der Waals surface area contributed by atoms with E-state index in [4.69, 9.17) is 5.11 Å². The third-order valence-electron chi connectivity index (χ3n) is 4.73. The van der Waals surface area contributed by atoms with Gasteiger partial charge in [-0.2, -0.15) is 5.10 Å². The topological polar surface area (TPSA) is 94.4 Å². The summed E-state index contributed by atoms with van der Waals surface area (Å²) in [5, 5.41) is 19.1. The molecule has 2 N–H and O–H groups in total. The molecule has 2 aliphatic heterocycles. The van der Waals surface area contributed by atoms with E-state index >= 15 is 0 Å². The number of carboxylic acids is 1. The molecule has 1 amide bonds.